The van der Waals surface area contributed by atoms with Crippen molar-refractivity contribution >= 4 is 5.91 Å². The van der Waals surface area contributed by atoms with E-state index < -0.39 is 28.9 Å². The molecular formula is C21H17F4N3O. The predicted molar refractivity (Wildman–Crippen MR) is 98.2 cm³/mol. The Morgan fingerprint density at radius 2 is 1.69 bits per heavy atom. The molecule has 1 N–H and O–H groups in total. The molecule has 1 saturated heterocycles. The van der Waals surface area contributed by atoms with E-state index in [1.165, 1.54) is 17.0 Å². The lowest BCUT2D eigenvalue weighted by molar-refractivity contribution is 0.0695. The molecule has 4 nitrogen and oxygen atoms in total. The number of amides is 1. The number of hydrogen-bond acceptors (Lipinski definition) is 2. The van der Waals surface area contributed by atoms with Crippen molar-refractivity contribution in [1.82, 2.24) is 15.1 Å². The van der Waals surface area contributed by atoms with Crippen molar-refractivity contribution in [3.63, 3.8) is 0 Å². The summed E-state index contributed by atoms with van der Waals surface area (Å²) in [5, 5.41) is 7.18. The third-order valence-electron chi connectivity index (χ3n) is 5.11. The van der Waals surface area contributed by atoms with Crippen molar-refractivity contribution < 1.29 is 22.4 Å². The van der Waals surface area contributed by atoms with Gasteiger partial charge in [-0.25, -0.2) is 17.6 Å². The van der Waals surface area contributed by atoms with Gasteiger partial charge in [-0.3, -0.25) is 9.89 Å². The second-order valence-electron chi connectivity index (χ2n) is 7.05. The molecule has 0 unspecified atom stereocenters. The number of halogens is 4. The van der Waals surface area contributed by atoms with Crippen LogP contribution in [-0.4, -0.2) is 34.1 Å². The second kappa shape index (κ2) is 7.69. The molecule has 1 fully saturated rings. The smallest absolute Gasteiger partial charge is 0.259 e. The van der Waals surface area contributed by atoms with Gasteiger partial charge in [-0.05, 0) is 43.2 Å². The molecule has 2 aromatic carbocycles. The van der Waals surface area contributed by atoms with E-state index in [2.05, 4.69) is 10.2 Å². The number of H-pyrrole nitrogens is 1. The third kappa shape index (κ3) is 3.87. The summed E-state index contributed by atoms with van der Waals surface area (Å²) in [6.45, 7) is 0.602. The van der Waals surface area contributed by atoms with Crippen LogP contribution in [0.1, 0.15) is 34.8 Å². The summed E-state index contributed by atoms with van der Waals surface area (Å²) in [5.74, 6) is -4.74. The number of carbonyl (C=O) groups excluding carboxylic acids is 1. The number of nitrogens with zero attached hydrogens (tertiary/aromatic N) is 2. The fourth-order valence-electron chi connectivity index (χ4n) is 3.63. The van der Waals surface area contributed by atoms with E-state index in [0.29, 0.717) is 30.8 Å². The van der Waals surface area contributed by atoms with E-state index in [0.717, 1.165) is 17.7 Å². The average Bonchev–Trinajstić information content (AvgIpc) is 3.18. The number of likely N-dealkylation sites (tertiary alicyclic amines) is 1. The van der Waals surface area contributed by atoms with E-state index in [1.54, 1.807) is 12.1 Å². The van der Waals surface area contributed by atoms with Gasteiger partial charge in [0, 0.05) is 42.4 Å². The molecule has 1 amide bonds. The maximum Gasteiger partial charge on any atom is 0.259 e. The Labute approximate surface area is 164 Å². The van der Waals surface area contributed by atoms with Gasteiger partial charge in [0.2, 0.25) is 0 Å². The lowest BCUT2D eigenvalue weighted by atomic mass is 9.93. The second-order valence-corrected chi connectivity index (χ2v) is 7.05. The Bertz CT molecular complexity index is 1030. The molecule has 1 aliphatic heterocycles. The largest absolute Gasteiger partial charge is 0.338 e. The third-order valence-corrected chi connectivity index (χ3v) is 5.11. The quantitative estimate of drug-likeness (QED) is 0.647. The minimum atomic E-state index is -1.21. The van der Waals surface area contributed by atoms with Gasteiger partial charge in [-0.2, -0.15) is 5.10 Å². The first-order chi connectivity index (χ1) is 13.9. The van der Waals surface area contributed by atoms with Crippen LogP contribution in [-0.2, 0) is 0 Å². The molecule has 150 valence electrons. The van der Waals surface area contributed by atoms with Crippen LogP contribution in [0.15, 0.2) is 42.5 Å². The molecule has 8 heteroatoms. The Balaban J connectivity index is 1.53. The van der Waals surface area contributed by atoms with E-state index in [9.17, 15) is 22.4 Å². The standard InChI is InChI=1S/C21H17F4N3O/c22-14-5-3-12(4-6-14)18-10-19(27-26-18)13-2-1-7-28(11-13)21(29)20-16(24)8-15(23)9-17(20)25/h3-6,8-10,13H,1-2,7,11H2,(H,26,27)/t13-/m0/s1. The molecule has 1 aliphatic rings. The first kappa shape index (κ1) is 19.2. The van der Waals surface area contributed by atoms with Crippen LogP contribution in [0.5, 0.6) is 0 Å². The maximum atomic E-state index is 14.0. The number of aromatic nitrogens is 2. The molecule has 0 aliphatic carbocycles. The monoisotopic (exact) mass is 403 g/mol. The highest BCUT2D eigenvalue weighted by Gasteiger charge is 2.30. The van der Waals surface area contributed by atoms with Gasteiger partial charge in [0.05, 0.1) is 5.69 Å². The van der Waals surface area contributed by atoms with Crippen molar-refractivity contribution in [3.8, 4) is 11.3 Å². The summed E-state index contributed by atoms with van der Waals surface area (Å²) in [4.78, 5) is 14.0. The number of nitrogens with one attached hydrogen (secondary N) is 1. The van der Waals surface area contributed by atoms with Gasteiger partial charge in [0.1, 0.15) is 28.8 Å². The molecule has 0 spiro atoms. The van der Waals surface area contributed by atoms with Crippen LogP contribution in [0.25, 0.3) is 11.3 Å². The fourth-order valence-corrected chi connectivity index (χ4v) is 3.63. The minimum absolute atomic E-state index is 0.0963. The maximum absolute atomic E-state index is 14.0. The Kier molecular flexibility index (Phi) is 5.08. The lowest BCUT2D eigenvalue weighted by Crippen LogP contribution is -2.40. The molecule has 2 heterocycles. The highest BCUT2D eigenvalue weighted by Crippen LogP contribution is 2.30. The first-order valence-electron chi connectivity index (χ1n) is 9.17. The highest BCUT2D eigenvalue weighted by atomic mass is 19.1. The Hall–Kier alpha value is -3.16. The Morgan fingerprint density at radius 3 is 2.38 bits per heavy atom. The molecule has 0 bridgehead atoms. The lowest BCUT2D eigenvalue weighted by Gasteiger charge is -2.32. The normalized spacial score (nSPS) is 16.8. The van der Waals surface area contributed by atoms with Gasteiger partial charge in [-0.1, -0.05) is 0 Å². The van der Waals surface area contributed by atoms with Gasteiger partial charge in [0.25, 0.3) is 5.91 Å². The van der Waals surface area contributed by atoms with Crippen LogP contribution < -0.4 is 0 Å². The summed E-state index contributed by atoms with van der Waals surface area (Å²) < 4.78 is 54.2. The van der Waals surface area contributed by atoms with E-state index in [-0.39, 0.29) is 18.3 Å². The van der Waals surface area contributed by atoms with Crippen LogP contribution in [0.2, 0.25) is 0 Å². The zero-order chi connectivity index (χ0) is 20.5. The van der Waals surface area contributed by atoms with Crippen LogP contribution in [0.3, 0.4) is 0 Å². The molecule has 1 atom stereocenters. The molecule has 1 aromatic heterocycles. The predicted octanol–water partition coefficient (Wildman–Crippen LogP) is 4.65. The molecule has 4 rings (SSSR count). The van der Waals surface area contributed by atoms with E-state index in [1.807, 2.05) is 6.07 Å². The SMILES string of the molecule is O=C(c1c(F)cc(F)cc1F)N1CCC[C@H](c2cc(-c3ccc(F)cc3)n[nH]2)C1. The zero-order valence-corrected chi connectivity index (χ0v) is 15.3. The molecule has 0 saturated carbocycles. The minimum Gasteiger partial charge on any atom is -0.338 e. The number of rotatable bonds is 3. The van der Waals surface area contributed by atoms with Crippen molar-refractivity contribution in [2.45, 2.75) is 18.8 Å². The summed E-state index contributed by atoms with van der Waals surface area (Å²) in [7, 11) is 0. The number of piperidine rings is 1. The Morgan fingerprint density at radius 1 is 1.00 bits per heavy atom. The zero-order valence-electron chi connectivity index (χ0n) is 15.3. The number of hydrogen-bond donors (Lipinski definition) is 1. The van der Waals surface area contributed by atoms with Crippen LogP contribution in [0, 0.1) is 23.3 Å². The summed E-state index contributed by atoms with van der Waals surface area (Å²) >= 11 is 0. The highest BCUT2D eigenvalue weighted by molar-refractivity contribution is 5.95. The number of benzene rings is 2. The number of aromatic amines is 1. The van der Waals surface area contributed by atoms with Crippen molar-refractivity contribution in [2.75, 3.05) is 13.1 Å². The summed E-state index contributed by atoms with van der Waals surface area (Å²) in [6.07, 6.45) is 1.41. The van der Waals surface area contributed by atoms with Gasteiger partial charge in [-0.15, -0.1) is 0 Å². The first-order valence-corrected chi connectivity index (χ1v) is 9.17. The average molecular weight is 403 g/mol. The topological polar surface area (TPSA) is 49.0 Å². The number of carbonyl (C=O) groups is 1. The van der Waals surface area contributed by atoms with Gasteiger partial charge < -0.3 is 4.90 Å². The summed E-state index contributed by atoms with van der Waals surface area (Å²) in [6, 6.07) is 8.75. The van der Waals surface area contributed by atoms with Crippen molar-refractivity contribution in [3.05, 3.63) is 77.0 Å². The van der Waals surface area contributed by atoms with Gasteiger partial charge >= 0.3 is 0 Å². The van der Waals surface area contributed by atoms with Crippen LogP contribution >= 0.6 is 0 Å². The van der Waals surface area contributed by atoms with Crippen molar-refractivity contribution in [2.24, 2.45) is 0 Å². The van der Waals surface area contributed by atoms with E-state index >= 15 is 0 Å². The van der Waals surface area contributed by atoms with Crippen molar-refractivity contribution in [1.29, 1.82) is 0 Å². The summed E-state index contributed by atoms with van der Waals surface area (Å²) in [5.41, 5.74) is 1.41. The molecule has 3 aromatic rings. The van der Waals surface area contributed by atoms with Crippen LogP contribution in [0.4, 0.5) is 17.6 Å². The van der Waals surface area contributed by atoms with E-state index in [4.69, 9.17) is 0 Å². The van der Waals surface area contributed by atoms with Gasteiger partial charge in [0.15, 0.2) is 0 Å². The molecular weight excluding hydrogens is 386 g/mol. The molecule has 0 radical (unpaired) electrons. The molecule has 29 heavy (non-hydrogen) atoms. The fraction of sp³-hybridized carbons (Fsp3) is 0.238.